The van der Waals surface area contributed by atoms with E-state index in [1.165, 1.54) is 0 Å². The maximum absolute atomic E-state index is 9.23. The summed E-state index contributed by atoms with van der Waals surface area (Å²) in [4.78, 5) is 1.98. The van der Waals surface area contributed by atoms with Crippen LogP contribution < -0.4 is 4.74 Å². The lowest BCUT2D eigenvalue weighted by Gasteiger charge is -2.22. The molecule has 14 heavy (non-hydrogen) atoms. The highest BCUT2D eigenvalue weighted by molar-refractivity contribution is 5.30. The van der Waals surface area contributed by atoms with Crippen LogP contribution in [0.25, 0.3) is 0 Å². The van der Waals surface area contributed by atoms with Crippen molar-refractivity contribution in [1.29, 1.82) is 0 Å². The van der Waals surface area contributed by atoms with Gasteiger partial charge in [-0.1, -0.05) is 12.1 Å². The summed E-state index contributed by atoms with van der Waals surface area (Å²) < 4.78 is 5.13. The van der Waals surface area contributed by atoms with E-state index < -0.39 is 0 Å². The van der Waals surface area contributed by atoms with Crippen molar-refractivity contribution in [2.24, 2.45) is 0 Å². The van der Waals surface area contributed by atoms with E-state index in [9.17, 15) is 5.11 Å². The maximum Gasteiger partial charge on any atom is 0.119 e. The minimum atomic E-state index is 0.0325. The van der Waals surface area contributed by atoms with Gasteiger partial charge in [-0.15, -0.1) is 0 Å². The highest BCUT2D eigenvalue weighted by Crippen LogP contribution is 2.21. The van der Waals surface area contributed by atoms with E-state index in [4.69, 9.17) is 4.74 Å². The molecule has 0 fully saturated rings. The minimum absolute atomic E-state index is 0.0325. The van der Waals surface area contributed by atoms with Gasteiger partial charge in [-0.2, -0.15) is 0 Å². The number of rotatable bonds is 4. The summed E-state index contributed by atoms with van der Waals surface area (Å²) in [5.41, 5.74) is 1.07. The average Bonchev–Trinajstić information content (AvgIpc) is 2.19. The number of aliphatic hydroxyl groups excluding tert-OH is 1. The molecule has 0 spiro atoms. The van der Waals surface area contributed by atoms with Crippen molar-refractivity contribution in [3.63, 3.8) is 0 Å². The predicted molar refractivity (Wildman–Crippen MR) is 56.5 cm³/mol. The van der Waals surface area contributed by atoms with Gasteiger partial charge < -0.3 is 14.7 Å². The van der Waals surface area contributed by atoms with E-state index in [-0.39, 0.29) is 12.6 Å². The Kier molecular flexibility index (Phi) is 3.92. The van der Waals surface area contributed by atoms with Crippen molar-refractivity contribution in [3.8, 4) is 5.75 Å². The third kappa shape index (κ3) is 2.47. The zero-order valence-corrected chi connectivity index (χ0v) is 8.90. The molecule has 3 heteroatoms. The quantitative estimate of drug-likeness (QED) is 0.785. The van der Waals surface area contributed by atoms with Crippen LogP contribution in [0.5, 0.6) is 5.75 Å². The molecule has 0 amide bonds. The summed E-state index contributed by atoms with van der Waals surface area (Å²) in [5.74, 6) is 0.822. The topological polar surface area (TPSA) is 32.7 Å². The van der Waals surface area contributed by atoms with Crippen LogP contribution in [0.1, 0.15) is 11.6 Å². The summed E-state index contributed by atoms with van der Waals surface area (Å²) in [7, 11) is 5.53. The van der Waals surface area contributed by atoms with Crippen LogP contribution in [0.15, 0.2) is 24.3 Å². The Morgan fingerprint density at radius 2 is 2.14 bits per heavy atom. The van der Waals surface area contributed by atoms with Crippen molar-refractivity contribution in [3.05, 3.63) is 29.8 Å². The number of ether oxygens (including phenoxy) is 1. The van der Waals surface area contributed by atoms with Crippen LogP contribution in [0.2, 0.25) is 0 Å². The summed E-state index contributed by atoms with van der Waals surface area (Å²) in [5, 5.41) is 9.23. The van der Waals surface area contributed by atoms with Crippen molar-refractivity contribution < 1.29 is 9.84 Å². The first-order valence-electron chi connectivity index (χ1n) is 4.60. The first-order chi connectivity index (χ1) is 6.69. The van der Waals surface area contributed by atoms with Gasteiger partial charge in [0.15, 0.2) is 0 Å². The molecular formula is C11H17NO2. The van der Waals surface area contributed by atoms with E-state index in [0.29, 0.717) is 0 Å². The second kappa shape index (κ2) is 4.98. The summed E-state index contributed by atoms with van der Waals surface area (Å²) in [6, 6.07) is 7.79. The van der Waals surface area contributed by atoms with Gasteiger partial charge in [-0.3, -0.25) is 0 Å². The molecule has 1 aromatic rings. The molecule has 0 heterocycles. The molecule has 1 N–H and O–H groups in total. The first kappa shape index (κ1) is 11.0. The second-order valence-electron chi connectivity index (χ2n) is 3.44. The van der Waals surface area contributed by atoms with Crippen molar-refractivity contribution in [2.75, 3.05) is 27.8 Å². The smallest absolute Gasteiger partial charge is 0.119 e. The van der Waals surface area contributed by atoms with E-state index in [1.807, 2.05) is 43.3 Å². The third-order valence-corrected chi connectivity index (χ3v) is 2.27. The highest BCUT2D eigenvalue weighted by atomic mass is 16.5. The summed E-state index contributed by atoms with van der Waals surface area (Å²) in [6.07, 6.45) is 0. The molecule has 1 aromatic carbocycles. The first-order valence-corrected chi connectivity index (χ1v) is 4.60. The molecule has 0 aliphatic rings. The normalized spacial score (nSPS) is 12.9. The number of likely N-dealkylation sites (N-methyl/N-ethyl adjacent to an activating group) is 1. The fraction of sp³-hybridized carbons (Fsp3) is 0.455. The molecule has 0 radical (unpaired) electrons. The van der Waals surface area contributed by atoms with Gasteiger partial charge in [0.25, 0.3) is 0 Å². The number of aliphatic hydroxyl groups is 1. The van der Waals surface area contributed by atoms with Crippen LogP contribution in [0, 0.1) is 0 Å². The maximum atomic E-state index is 9.23. The van der Waals surface area contributed by atoms with Crippen LogP contribution in [-0.2, 0) is 0 Å². The highest BCUT2D eigenvalue weighted by Gasteiger charge is 2.12. The largest absolute Gasteiger partial charge is 0.497 e. The van der Waals surface area contributed by atoms with E-state index in [1.54, 1.807) is 7.11 Å². The fourth-order valence-electron chi connectivity index (χ4n) is 1.42. The number of hydrogen-bond donors (Lipinski definition) is 1. The minimum Gasteiger partial charge on any atom is -0.497 e. The zero-order chi connectivity index (χ0) is 10.6. The van der Waals surface area contributed by atoms with Gasteiger partial charge in [0, 0.05) is 0 Å². The number of benzene rings is 1. The molecule has 1 rings (SSSR count). The van der Waals surface area contributed by atoms with Gasteiger partial charge in [0.2, 0.25) is 0 Å². The van der Waals surface area contributed by atoms with E-state index in [0.717, 1.165) is 11.3 Å². The zero-order valence-electron chi connectivity index (χ0n) is 8.90. The number of methoxy groups -OCH3 is 1. The van der Waals surface area contributed by atoms with Crippen LogP contribution in [0.3, 0.4) is 0 Å². The lowest BCUT2D eigenvalue weighted by atomic mass is 10.1. The summed E-state index contributed by atoms with van der Waals surface area (Å²) in [6.45, 7) is 0.111. The Hall–Kier alpha value is -1.06. The Bertz CT molecular complexity index is 286. The molecule has 3 nitrogen and oxygen atoms in total. The molecule has 0 saturated carbocycles. The van der Waals surface area contributed by atoms with Crippen molar-refractivity contribution in [2.45, 2.75) is 6.04 Å². The Morgan fingerprint density at radius 1 is 1.43 bits per heavy atom. The average molecular weight is 195 g/mol. The van der Waals surface area contributed by atoms with E-state index in [2.05, 4.69) is 0 Å². The molecule has 1 atom stereocenters. The predicted octanol–water partition coefficient (Wildman–Crippen LogP) is 1.29. The molecule has 0 aliphatic heterocycles. The van der Waals surface area contributed by atoms with Gasteiger partial charge >= 0.3 is 0 Å². The fourth-order valence-corrected chi connectivity index (χ4v) is 1.42. The summed E-state index contributed by atoms with van der Waals surface area (Å²) >= 11 is 0. The van der Waals surface area contributed by atoms with Gasteiger partial charge in [0.05, 0.1) is 19.8 Å². The lowest BCUT2D eigenvalue weighted by molar-refractivity contribution is 0.170. The van der Waals surface area contributed by atoms with Crippen LogP contribution in [-0.4, -0.2) is 37.8 Å². The number of hydrogen-bond acceptors (Lipinski definition) is 3. The van der Waals surface area contributed by atoms with Crippen molar-refractivity contribution >= 4 is 0 Å². The molecule has 78 valence electrons. The Morgan fingerprint density at radius 3 is 2.64 bits per heavy atom. The SMILES string of the molecule is COc1cccc([C@@H](CO)N(C)C)c1. The van der Waals surface area contributed by atoms with Crippen LogP contribution in [0.4, 0.5) is 0 Å². The van der Waals surface area contributed by atoms with Crippen LogP contribution >= 0.6 is 0 Å². The van der Waals surface area contributed by atoms with Gasteiger partial charge in [-0.25, -0.2) is 0 Å². The molecule has 0 unspecified atom stereocenters. The third-order valence-electron chi connectivity index (χ3n) is 2.27. The second-order valence-corrected chi connectivity index (χ2v) is 3.44. The molecule has 0 aliphatic carbocycles. The van der Waals surface area contributed by atoms with Crippen molar-refractivity contribution in [1.82, 2.24) is 4.90 Å². The molecule has 0 saturated heterocycles. The lowest BCUT2D eigenvalue weighted by Crippen LogP contribution is -2.22. The molecular weight excluding hydrogens is 178 g/mol. The molecule has 0 bridgehead atoms. The molecule has 0 aromatic heterocycles. The Balaban J connectivity index is 2.92. The van der Waals surface area contributed by atoms with Gasteiger partial charge in [0.1, 0.15) is 5.75 Å². The Labute approximate surface area is 84.9 Å². The van der Waals surface area contributed by atoms with E-state index >= 15 is 0 Å². The monoisotopic (exact) mass is 195 g/mol. The standard InChI is InChI=1S/C11H17NO2/c1-12(2)11(8-13)9-5-4-6-10(7-9)14-3/h4-7,11,13H,8H2,1-3H3/t11-/m1/s1. The number of nitrogens with zero attached hydrogens (tertiary/aromatic N) is 1. The van der Waals surface area contributed by atoms with Gasteiger partial charge in [-0.05, 0) is 31.8 Å².